The first-order chi connectivity index (χ1) is 53.8. The van der Waals surface area contributed by atoms with E-state index in [9.17, 15) is 79.3 Å². The standard InChI is InChI=1S/2C32H32N10O6.3C3H6O3.Fe/c2*1-20-27(30(44)40(18-8-15-38(3)4)32(46)29(20)39-16-6-5-7-17-39)35-33-22-9-11-23(12-10-22)41-31(45)28(21(2)37-41)36-34-25-19-24(42(47)48)13-14-26(25)43;3*1-2(4)3(5)6;/h2*5-7,9-14,16-17,19,43-44H,8,15,18H2,1-4H3;3*2,4H,1H3,(H,5,6);/q;;;;;+3/p-3. The minimum Gasteiger partial charge on any atom is -0.871 e. The van der Waals surface area contributed by atoms with Crippen LogP contribution in [0.1, 0.15) is 56.1 Å². The van der Waals surface area contributed by atoms with Crippen molar-refractivity contribution in [3.63, 3.8) is 0 Å². The Bertz CT molecular complexity index is 5110. The van der Waals surface area contributed by atoms with E-state index in [1.807, 2.05) is 50.1 Å². The van der Waals surface area contributed by atoms with Crippen molar-refractivity contribution in [1.29, 1.82) is 0 Å². The average molecular weight is 1630 g/mol. The number of hydrogen-bond donors (Lipinski definition) is 7. The number of rotatable bonds is 25. The van der Waals surface area contributed by atoms with Crippen LogP contribution in [0.4, 0.5) is 56.9 Å². The minimum atomic E-state index is -1.44. The SMILES string of the molecule is CC(O)C(=O)O.CC(O)C(=O)O.CC(O)C(=O)[O-].Cc1c(N=Nc2ccc(-n3nc(C)[c-](N=Nc4cc([N+](=O)[O-])ccc4[O-])c3=O)cc2)c(O)n(CCCN(C)C)c(=O)c1-[n+]1ccccc1.Cc1c(N=Nc2ccc(-n3nc(C)[c-](N=Nc4cc([N+](=O)[O-])ccc4[O-])c3=O)cc2)c(O)n(CCCN(C)C)c(=O)c1-[n+]1ccccc1.[Fe+3]. The van der Waals surface area contributed by atoms with Gasteiger partial charge in [-0.05, 0) is 137 Å². The molecule has 0 amide bonds. The molecule has 0 bridgehead atoms. The zero-order valence-corrected chi connectivity index (χ0v) is 64.6. The average Bonchev–Trinajstić information content (AvgIpc) is 1.64. The molecule has 10 aromatic rings. The Balaban J connectivity index is 0.000000335. The topological polar surface area (TPSA) is 575 Å². The fourth-order valence-electron chi connectivity index (χ4n) is 9.75. The number of carboxylic acid groups (broad SMARTS) is 3. The number of carbonyl (C=O) groups is 3. The Labute approximate surface area is 663 Å². The maximum absolute atomic E-state index is 13.5. The molecule has 42 heteroatoms. The van der Waals surface area contributed by atoms with Crippen molar-refractivity contribution in [3.8, 4) is 46.0 Å². The molecular weight excluding hydrogens is 1550 g/mol. The molecule has 0 spiro atoms. The van der Waals surface area contributed by atoms with E-state index in [1.165, 1.54) is 36.8 Å². The van der Waals surface area contributed by atoms with Crippen molar-refractivity contribution in [1.82, 2.24) is 38.5 Å². The molecule has 3 unspecified atom stereocenters. The Morgan fingerprint density at radius 2 is 0.835 bits per heavy atom. The molecule has 41 nitrogen and oxygen atoms in total. The summed E-state index contributed by atoms with van der Waals surface area (Å²) in [6.07, 6.45) is 4.40. The molecule has 0 saturated carbocycles. The van der Waals surface area contributed by atoms with Gasteiger partial charge in [0.1, 0.15) is 23.3 Å². The van der Waals surface area contributed by atoms with Crippen molar-refractivity contribution in [2.45, 2.75) is 92.7 Å². The third-order valence-electron chi connectivity index (χ3n) is 15.7. The van der Waals surface area contributed by atoms with E-state index >= 15 is 0 Å². The number of aliphatic hydroxyl groups excluding tert-OH is 3. The van der Waals surface area contributed by atoms with Crippen molar-refractivity contribution in [3.05, 3.63) is 230 Å². The van der Waals surface area contributed by atoms with Crippen LogP contribution in [0.5, 0.6) is 23.3 Å². The van der Waals surface area contributed by atoms with Gasteiger partial charge in [-0.2, -0.15) is 29.6 Å². The number of aliphatic carboxylic acids is 3. The number of nitrogens with zero attached hydrogens (tertiary/aromatic N) is 20. The van der Waals surface area contributed by atoms with Crippen LogP contribution in [0.3, 0.4) is 0 Å². The second-order valence-corrected chi connectivity index (χ2v) is 25.1. The van der Waals surface area contributed by atoms with Gasteiger partial charge in [0.25, 0.3) is 22.7 Å². The predicted octanol–water partition coefficient (Wildman–Crippen LogP) is 5.97. The molecular formula is C73H79FeN20O21. The third kappa shape index (κ3) is 25.1. The Hall–Kier alpha value is -13.8. The summed E-state index contributed by atoms with van der Waals surface area (Å²) < 4.78 is 8.14. The van der Waals surface area contributed by atoms with Crippen LogP contribution in [0, 0.1) is 47.9 Å². The van der Waals surface area contributed by atoms with Gasteiger partial charge in [0, 0.05) is 61.6 Å². The summed E-state index contributed by atoms with van der Waals surface area (Å²) in [5.41, 5.74) is 0.348. The van der Waals surface area contributed by atoms with Crippen molar-refractivity contribution < 1.29 is 101 Å². The van der Waals surface area contributed by atoms with E-state index < -0.39 is 68.7 Å². The van der Waals surface area contributed by atoms with Crippen LogP contribution >= 0.6 is 0 Å². The van der Waals surface area contributed by atoms with Crippen LogP contribution in [0.15, 0.2) is 206 Å². The van der Waals surface area contributed by atoms with Gasteiger partial charge in [-0.3, -0.25) is 39.0 Å². The summed E-state index contributed by atoms with van der Waals surface area (Å²) >= 11 is 0. The van der Waals surface area contributed by atoms with Gasteiger partial charge in [-0.1, -0.05) is 61.0 Å². The van der Waals surface area contributed by atoms with Crippen LogP contribution in [-0.2, 0) is 44.5 Å². The van der Waals surface area contributed by atoms with E-state index in [1.54, 1.807) is 121 Å². The first-order valence-electron chi connectivity index (χ1n) is 34.0. The molecule has 7 N–H and O–H groups in total. The van der Waals surface area contributed by atoms with Crippen molar-refractivity contribution in [2.24, 2.45) is 40.9 Å². The van der Waals surface area contributed by atoms with Crippen LogP contribution in [-0.4, -0.2) is 162 Å². The van der Waals surface area contributed by atoms with Gasteiger partial charge in [0.05, 0.1) is 67.2 Å². The molecule has 605 valence electrons. The normalized spacial score (nSPS) is 11.9. The quantitative estimate of drug-likeness (QED) is 0.00865. The number of non-ortho nitro benzene ring substituents is 2. The number of carbonyl (C=O) groups excluding carboxylic acids is 1. The van der Waals surface area contributed by atoms with Crippen molar-refractivity contribution in [2.75, 3.05) is 41.3 Å². The summed E-state index contributed by atoms with van der Waals surface area (Å²) in [5, 5.41) is 158. The molecule has 4 aromatic carbocycles. The number of aryl methyl sites for hydroxylation is 2. The number of carboxylic acids is 3. The van der Waals surface area contributed by atoms with Gasteiger partial charge in [-0.15, -0.1) is 21.6 Å². The van der Waals surface area contributed by atoms with E-state index in [2.05, 4.69) is 51.1 Å². The van der Waals surface area contributed by atoms with E-state index in [-0.39, 0.29) is 110 Å². The van der Waals surface area contributed by atoms with Crippen LogP contribution in [0.25, 0.3) is 22.7 Å². The van der Waals surface area contributed by atoms with Gasteiger partial charge in [0.15, 0.2) is 36.2 Å². The van der Waals surface area contributed by atoms with E-state index in [0.717, 1.165) is 52.7 Å². The van der Waals surface area contributed by atoms with Crippen molar-refractivity contribution >= 4 is 74.8 Å². The van der Waals surface area contributed by atoms with Gasteiger partial charge in [-0.25, -0.2) is 29.2 Å². The maximum atomic E-state index is 13.5. The molecule has 115 heavy (non-hydrogen) atoms. The van der Waals surface area contributed by atoms with Gasteiger partial charge in [0.2, 0.25) is 11.8 Å². The number of pyridine rings is 4. The fraction of sp³-hybridized carbons (Fsp3) is 0.274. The maximum Gasteiger partial charge on any atom is 3.00 e. The molecule has 1 radical (unpaired) electrons. The predicted molar refractivity (Wildman–Crippen MR) is 401 cm³/mol. The van der Waals surface area contributed by atoms with Gasteiger partial charge < -0.3 is 85.5 Å². The molecule has 3 atom stereocenters. The Kier molecular flexibility index (Phi) is 34.0. The zero-order valence-electron chi connectivity index (χ0n) is 63.5. The third-order valence-corrected chi connectivity index (χ3v) is 15.7. The minimum absolute atomic E-state index is 0. The first kappa shape index (κ1) is 91.8. The van der Waals surface area contributed by atoms with Crippen LogP contribution < -0.4 is 46.7 Å². The van der Waals surface area contributed by atoms with E-state index in [4.69, 9.17) is 25.5 Å². The summed E-state index contributed by atoms with van der Waals surface area (Å²) in [6, 6.07) is 29.6. The zero-order chi connectivity index (χ0) is 84.5. The molecule has 0 fully saturated rings. The molecule has 0 aliphatic heterocycles. The number of aliphatic hydroxyl groups is 3. The smallest absolute Gasteiger partial charge is 0.871 e. The number of nitro benzene ring substituents is 2. The first-order valence-corrected chi connectivity index (χ1v) is 34.0. The van der Waals surface area contributed by atoms with Crippen LogP contribution in [0.2, 0.25) is 0 Å². The number of aromatic hydroxyl groups is 2. The summed E-state index contributed by atoms with van der Waals surface area (Å²) in [7, 11) is 7.71. The second-order valence-electron chi connectivity index (χ2n) is 25.1. The molecule has 0 aliphatic rings. The number of nitro groups is 2. The Morgan fingerprint density at radius 3 is 1.11 bits per heavy atom. The number of benzene rings is 4. The largest absolute Gasteiger partial charge is 3.00 e. The molecule has 10 rings (SSSR count). The monoisotopic (exact) mass is 1630 g/mol. The second kappa shape index (κ2) is 42.6. The number of aromatic nitrogens is 8. The fourth-order valence-corrected chi connectivity index (χ4v) is 9.75. The molecule has 6 heterocycles. The summed E-state index contributed by atoms with van der Waals surface area (Å²) in [6.45, 7) is 12.0. The molecule has 0 aliphatic carbocycles. The molecule has 0 saturated heterocycles. The van der Waals surface area contributed by atoms with Gasteiger partial charge >= 0.3 is 40.1 Å². The molecule has 6 aromatic heterocycles. The number of azo groups is 4. The van der Waals surface area contributed by atoms with E-state index in [0.29, 0.717) is 71.2 Å². The number of hydrogen-bond acceptors (Lipinski definition) is 31. The summed E-state index contributed by atoms with van der Waals surface area (Å²) in [4.78, 5) is 106. The summed E-state index contributed by atoms with van der Waals surface area (Å²) in [5.74, 6) is -5.58. The Morgan fingerprint density at radius 1 is 0.522 bits per heavy atom.